The Kier molecular flexibility index (Phi) is 4.57. The Morgan fingerprint density at radius 1 is 1.24 bits per heavy atom. The number of rotatable bonds is 5. The zero-order chi connectivity index (χ0) is 15.2. The summed E-state index contributed by atoms with van der Waals surface area (Å²) in [7, 11) is 1.51. The zero-order valence-corrected chi connectivity index (χ0v) is 11.2. The van der Waals surface area contributed by atoms with E-state index >= 15 is 0 Å². The van der Waals surface area contributed by atoms with Crippen LogP contribution in [-0.2, 0) is 0 Å². The number of nitrogens with zero attached hydrogens (tertiary/aromatic N) is 2. The SMILES string of the molecule is COc1ccc(C(=O)C(O)NC(=O)c2cnccn2)cc1. The number of hydrogen-bond donors (Lipinski definition) is 2. The maximum atomic E-state index is 12.0. The van der Waals surface area contributed by atoms with Crippen LogP contribution >= 0.6 is 0 Å². The monoisotopic (exact) mass is 287 g/mol. The van der Waals surface area contributed by atoms with Gasteiger partial charge in [-0.2, -0.15) is 0 Å². The number of methoxy groups -OCH3 is 1. The molecule has 21 heavy (non-hydrogen) atoms. The first-order chi connectivity index (χ1) is 10.1. The summed E-state index contributed by atoms with van der Waals surface area (Å²) >= 11 is 0. The van der Waals surface area contributed by atoms with Gasteiger partial charge in [0, 0.05) is 18.0 Å². The second-order valence-corrected chi connectivity index (χ2v) is 4.06. The van der Waals surface area contributed by atoms with Crippen LogP contribution in [0.3, 0.4) is 0 Å². The van der Waals surface area contributed by atoms with Crippen LogP contribution in [-0.4, -0.2) is 40.1 Å². The molecule has 0 aliphatic carbocycles. The van der Waals surface area contributed by atoms with Crippen LogP contribution in [0.2, 0.25) is 0 Å². The predicted octanol–water partition coefficient (Wildman–Crippen LogP) is 0.416. The molecule has 2 aromatic rings. The van der Waals surface area contributed by atoms with E-state index in [1.54, 1.807) is 12.1 Å². The summed E-state index contributed by atoms with van der Waals surface area (Å²) in [6, 6.07) is 6.17. The van der Waals surface area contributed by atoms with Gasteiger partial charge < -0.3 is 15.2 Å². The maximum absolute atomic E-state index is 12.0. The average Bonchev–Trinajstić information content (AvgIpc) is 2.55. The molecule has 2 rings (SSSR count). The summed E-state index contributed by atoms with van der Waals surface area (Å²) in [6.45, 7) is 0. The quantitative estimate of drug-likeness (QED) is 0.610. The van der Waals surface area contributed by atoms with Gasteiger partial charge in [0.25, 0.3) is 5.91 Å². The Labute approximate surface area is 120 Å². The normalized spacial score (nSPS) is 11.5. The highest BCUT2D eigenvalue weighted by Crippen LogP contribution is 2.12. The molecule has 1 atom stereocenters. The number of ether oxygens (including phenoxy) is 1. The molecule has 0 aliphatic rings. The summed E-state index contributed by atoms with van der Waals surface area (Å²) < 4.78 is 4.97. The fourth-order valence-corrected chi connectivity index (χ4v) is 1.59. The smallest absolute Gasteiger partial charge is 0.273 e. The Morgan fingerprint density at radius 3 is 2.52 bits per heavy atom. The van der Waals surface area contributed by atoms with Crippen LogP contribution in [0.5, 0.6) is 5.75 Å². The number of aromatic nitrogens is 2. The van der Waals surface area contributed by atoms with Crippen molar-refractivity contribution in [1.82, 2.24) is 15.3 Å². The second kappa shape index (κ2) is 6.58. The van der Waals surface area contributed by atoms with Crippen molar-refractivity contribution in [3.05, 3.63) is 54.1 Å². The molecule has 1 aromatic carbocycles. The minimum atomic E-state index is -1.66. The molecule has 7 heteroatoms. The molecule has 2 N–H and O–H groups in total. The lowest BCUT2D eigenvalue weighted by atomic mass is 10.1. The molecule has 0 spiro atoms. The topological polar surface area (TPSA) is 101 Å². The van der Waals surface area contributed by atoms with Crippen LogP contribution in [0, 0.1) is 0 Å². The van der Waals surface area contributed by atoms with Crippen molar-refractivity contribution in [2.75, 3.05) is 7.11 Å². The minimum Gasteiger partial charge on any atom is -0.497 e. The third-order valence-electron chi connectivity index (χ3n) is 2.69. The van der Waals surface area contributed by atoms with Gasteiger partial charge in [-0.25, -0.2) is 4.98 Å². The lowest BCUT2D eigenvalue weighted by molar-refractivity contribution is 0.0605. The molecule has 1 heterocycles. The van der Waals surface area contributed by atoms with Gasteiger partial charge in [0.15, 0.2) is 6.23 Å². The first-order valence-corrected chi connectivity index (χ1v) is 6.05. The number of benzene rings is 1. The first kappa shape index (κ1) is 14.6. The van der Waals surface area contributed by atoms with E-state index < -0.39 is 17.9 Å². The summed E-state index contributed by atoms with van der Waals surface area (Å²) in [4.78, 5) is 31.2. The van der Waals surface area contributed by atoms with Gasteiger partial charge in [-0.05, 0) is 24.3 Å². The third-order valence-corrected chi connectivity index (χ3v) is 2.69. The number of nitrogens with one attached hydrogen (secondary N) is 1. The van der Waals surface area contributed by atoms with E-state index in [-0.39, 0.29) is 11.3 Å². The fourth-order valence-electron chi connectivity index (χ4n) is 1.59. The van der Waals surface area contributed by atoms with Crippen molar-refractivity contribution in [1.29, 1.82) is 0 Å². The lowest BCUT2D eigenvalue weighted by Crippen LogP contribution is -2.41. The molecule has 0 saturated heterocycles. The van der Waals surface area contributed by atoms with E-state index in [2.05, 4.69) is 15.3 Å². The van der Waals surface area contributed by atoms with Crippen molar-refractivity contribution in [3.8, 4) is 5.75 Å². The van der Waals surface area contributed by atoms with Crippen molar-refractivity contribution in [2.24, 2.45) is 0 Å². The van der Waals surface area contributed by atoms with Gasteiger partial charge in [0.2, 0.25) is 5.78 Å². The molecule has 0 fully saturated rings. The Morgan fingerprint density at radius 2 is 1.95 bits per heavy atom. The Hall–Kier alpha value is -2.80. The standard InChI is InChI=1S/C14H13N3O4/c1-21-10-4-2-9(3-5-10)12(18)14(20)17-13(19)11-8-15-6-7-16-11/h2-8,14,20H,1H3,(H,17,19). The number of aliphatic hydroxyl groups excluding tert-OH is 1. The molecule has 1 aromatic heterocycles. The number of carbonyl (C=O) groups is 2. The predicted molar refractivity (Wildman–Crippen MR) is 72.8 cm³/mol. The summed E-state index contributed by atoms with van der Waals surface area (Å²) in [5, 5.41) is 11.9. The van der Waals surface area contributed by atoms with Gasteiger partial charge in [0.1, 0.15) is 11.4 Å². The van der Waals surface area contributed by atoms with Gasteiger partial charge >= 0.3 is 0 Å². The van der Waals surface area contributed by atoms with Crippen molar-refractivity contribution >= 4 is 11.7 Å². The third kappa shape index (κ3) is 3.61. The van der Waals surface area contributed by atoms with E-state index in [0.717, 1.165) is 0 Å². The van der Waals surface area contributed by atoms with Crippen LogP contribution in [0.1, 0.15) is 20.8 Å². The highest BCUT2D eigenvalue weighted by Gasteiger charge is 2.20. The Balaban J connectivity index is 2.03. The first-order valence-electron chi connectivity index (χ1n) is 6.05. The molecule has 7 nitrogen and oxygen atoms in total. The number of hydrogen-bond acceptors (Lipinski definition) is 6. The zero-order valence-electron chi connectivity index (χ0n) is 11.2. The molecular weight excluding hydrogens is 274 g/mol. The van der Waals surface area contributed by atoms with E-state index in [0.29, 0.717) is 5.75 Å². The molecule has 0 saturated carbocycles. The number of carbonyl (C=O) groups excluding carboxylic acids is 2. The summed E-state index contributed by atoms with van der Waals surface area (Å²) in [5.74, 6) is -0.725. The second-order valence-electron chi connectivity index (χ2n) is 4.06. The molecule has 1 unspecified atom stereocenters. The summed E-state index contributed by atoms with van der Waals surface area (Å²) in [6.07, 6.45) is 2.33. The van der Waals surface area contributed by atoms with E-state index in [9.17, 15) is 14.7 Å². The molecule has 0 aliphatic heterocycles. The highest BCUT2D eigenvalue weighted by atomic mass is 16.5. The number of amides is 1. The highest BCUT2D eigenvalue weighted by molar-refractivity contribution is 6.02. The van der Waals surface area contributed by atoms with E-state index in [1.807, 2.05) is 0 Å². The van der Waals surface area contributed by atoms with E-state index in [1.165, 1.54) is 37.8 Å². The van der Waals surface area contributed by atoms with Crippen molar-refractivity contribution < 1.29 is 19.4 Å². The lowest BCUT2D eigenvalue weighted by Gasteiger charge is -2.11. The van der Waals surface area contributed by atoms with E-state index in [4.69, 9.17) is 4.74 Å². The van der Waals surface area contributed by atoms with Gasteiger partial charge in [0.05, 0.1) is 13.3 Å². The Bertz CT molecular complexity index is 628. The largest absolute Gasteiger partial charge is 0.497 e. The number of aliphatic hydroxyl groups is 1. The molecule has 0 bridgehead atoms. The van der Waals surface area contributed by atoms with Gasteiger partial charge in [-0.15, -0.1) is 0 Å². The van der Waals surface area contributed by atoms with Crippen LogP contribution < -0.4 is 10.1 Å². The van der Waals surface area contributed by atoms with Crippen LogP contribution in [0.25, 0.3) is 0 Å². The van der Waals surface area contributed by atoms with Crippen molar-refractivity contribution in [2.45, 2.75) is 6.23 Å². The van der Waals surface area contributed by atoms with Gasteiger partial charge in [-0.3, -0.25) is 14.6 Å². The number of ketones is 1. The van der Waals surface area contributed by atoms with Crippen molar-refractivity contribution in [3.63, 3.8) is 0 Å². The molecule has 0 radical (unpaired) electrons. The molecule has 1 amide bonds. The number of Topliss-reactive ketones (excluding diaryl/α,β-unsaturated/α-hetero) is 1. The minimum absolute atomic E-state index is 0.0130. The average molecular weight is 287 g/mol. The van der Waals surface area contributed by atoms with Gasteiger partial charge in [-0.1, -0.05) is 0 Å². The van der Waals surface area contributed by atoms with Crippen LogP contribution in [0.15, 0.2) is 42.9 Å². The molecule has 108 valence electrons. The summed E-state index contributed by atoms with van der Waals surface area (Å²) in [5.41, 5.74) is 0.266. The molecular formula is C14H13N3O4. The maximum Gasteiger partial charge on any atom is 0.273 e. The fraction of sp³-hybridized carbons (Fsp3) is 0.143. The van der Waals surface area contributed by atoms with Crippen LogP contribution in [0.4, 0.5) is 0 Å².